The highest BCUT2D eigenvalue weighted by atomic mass is 16.7. The largest absolute Gasteiger partial charge is 0.455 e. The smallest absolute Gasteiger partial charge is 0.333 e. The molecule has 0 aliphatic heterocycles. The Morgan fingerprint density at radius 1 is 0.632 bits per heavy atom. The second-order valence-electron chi connectivity index (χ2n) is 14.0. The first-order valence-electron chi connectivity index (χ1n) is 19.6. The molecule has 0 saturated heterocycles. The van der Waals surface area contributed by atoms with E-state index in [1.807, 2.05) is 48.5 Å². The predicted molar refractivity (Wildman–Crippen MR) is 230 cm³/mol. The number of anilines is 2. The van der Waals surface area contributed by atoms with E-state index in [1.54, 1.807) is 6.92 Å². The summed E-state index contributed by atoms with van der Waals surface area (Å²) in [6, 6.07) is 41.3. The molecule has 7 nitrogen and oxygen atoms in total. The summed E-state index contributed by atoms with van der Waals surface area (Å²) in [4.78, 5) is 26.1. The van der Waals surface area contributed by atoms with E-state index in [2.05, 4.69) is 118 Å². The van der Waals surface area contributed by atoms with Gasteiger partial charge >= 0.3 is 11.9 Å². The number of rotatable bonds is 20. The minimum Gasteiger partial charge on any atom is -0.455 e. The molecule has 7 heteroatoms. The van der Waals surface area contributed by atoms with Gasteiger partial charge in [0, 0.05) is 43.4 Å². The Morgan fingerprint density at radius 3 is 1.68 bits per heavy atom. The highest BCUT2D eigenvalue weighted by molar-refractivity contribution is 5.92. The second kappa shape index (κ2) is 21.1. The van der Waals surface area contributed by atoms with Crippen molar-refractivity contribution in [2.24, 2.45) is 0 Å². The molecule has 0 N–H and O–H groups in total. The van der Waals surface area contributed by atoms with Gasteiger partial charge in [-0.1, -0.05) is 123 Å². The summed E-state index contributed by atoms with van der Waals surface area (Å²) in [5.41, 5.74) is 9.75. The summed E-state index contributed by atoms with van der Waals surface area (Å²) >= 11 is 0. The number of ether oxygens (including phenoxy) is 4. The maximum Gasteiger partial charge on any atom is 0.333 e. The fourth-order valence-corrected chi connectivity index (χ4v) is 6.25. The van der Waals surface area contributed by atoms with Crippen LogP contribution in [0.3, 0.4) is 0 Å². The van der Waals surface area contributed by atoms with Gasteiger partial charge in [-0.05, 0) is 103 Å². The maximum atomic E-state index is 12.1. The number of carbonyl (C=O) groups is 2. The van der Waals surface area contributed by atoms with Gasteiger partial charge in [0.15, 0.2) is 0 Å². The third-order valence-corrected chi connectivity index (χ3v) is 9.38. The average molecular weight is 764 g/mol. The molecule has 5 rings (SSSR count). The van der Waals surface area contributed by atoms with Gasteiger partial charge in [-0.15, -0.1) is 0 Å². The lowest BCUT2D eigenvalue weighted by Crippen LogP contribution is -2.23. The van der Waals surface area contributed by atoms with E-state index in [-0.39, 0.29) is 0 Å². The number of aryl methyl sites for hydroxylation is 2. The second-order valence-corrected chi connectivity index (χ2v) is 14.0. The van der Waals surface area contributed by atoms with Gasteiger partial charge in [-0.3, -0.25) is 0 Å². The van der Waals surface area contributed by atoms with Crippen molar-refractivity contribution in [3.8, 4) is 11.5 Å². The van der Waals surface area contributed by atoms with Crippen LogP contribution in [-0.4, -0.2) is 24.5 Å². The fraction of sp³-hybridized carbons (Fsp3) is 0.240. The summed E-state index contributed by atoms with van der Waals surface area (Å²) in [6.07, 6.45) is 7.66. The van der Waals surface area contributed by atoms with Gasteiger partial charge in [0.1, 0.15) is 11.5 Å². The molecule has 294 valence electrons. The lowest BCUT2D eigenvalue weighted by molar-refractivity contribution is -0.158. The summed E-state index contributed by atoms with van der Waals surface area (Å²) in [5.74, 6) is 0.0820. The van der Waals surface area contributed by atoms with Crippen LogP contribution in [-0.2, 0) is 25.6 Å². The van der Waals surface area contributed by atoms with E-state index >= 15 is 0 Å². The molecule has 0 bridgehead atoms. The van der Waals surface area contributed by atoms with Crippen molar-refractivity contribution in [2.45, 2.75) is 78.9 Å². The third kappa shape index (κ3) is 12.9. The number of hydrogen-bond donors (Lipinski definition) is 0. The molecule has 0 saturated carbocycles. The number of unbranched alkanes of at least 4 members (excludes halogenated alkanes) is 3. The van der Waals surface area contributed by atoms with Crippen molar-refractivity contribution < 1.29 is 28.5 Å². The topological polar surface area (TPSA) is 74.3 Å². The molecule has 57 heavy (non-hydrogen) atoms. The summed E-state index contributed by atoms with van der Waals surface area (Å²) in [6.45, 7) is 15.7. The van der Waals surface area contributed by atoms with Crippen molar-refractivity contribution in [3.05, 3.63) is 180 Å². The van der Waals surface area contributed by atoms with Crippen LogP contribution in [0.1, 0.15) is 79.3 Å². The van der Waals surface area contributed by atoms with Crippen molar-refractivity contribution in [1.82, 2.24) is 0 Å². The van der Waals surface area contributed by atoms with Crippen molar-refractivity contribution in [3.63, 3.8) is 0 Å². The lowest BCUT2D eigenvalue weighted by atomic mass is 9.95. The number of hydrogen-bond acceptors (Lipinski definition) is 7. The summed E-state index contributed by atoms with van der Waals surface area (Å²) in [7, 11) is 0. The molecule has 0 heterocycles. The zero-order chi connectivity index (χ0) is 40.6. The Labute approximate surface area is 337 Å². The minimum absolute atomic E-state index is 0.513. The molecule has 0 radical (unpaired) electrons. The number of benzene rings is 5. The molecule has 0 spiro atoms. The Hall–Kier alpha value is -6.34. The normalized spacial score (nSPS) is 12.2. The standard InChI is InChI=1S/C50H53NO6/c1-7-10-11-12-13-50(57-49(53)9-3)56-46-32-24-42(25-33-46)47(41-22-30-45(31-23-41)54-38(6)55-48(52)8-2)34-39-20-28-44(29-21-39)51(43-26-16-37(5)17-27-43)35-40-18-14-36(4)15-19-40/h8-9,14-34,38,50H,2-3,7,10-13,35H2,1,4-6H3. The number of esters is 2. The van der Waals surface area contributed by atoms with Gasteiger partial charge < -0.3 is 23.8 Å². The molecule has 0 aromatic heterocycles. The van der Waals surface area contributed by atoms with Crippen LogP contribution in [0.4, 0.5) is 11.4 Å². The highest BCUT2D eigenvalue weighted by Crippen LogP contribution is 2.32. The SMILES string of the molecule is C=CC(=O)OC(C)Oc1ccc(C(=Cc2ccc(N(Cc3ccc(C)cc3)c3ccc(C)cc3)cc2)c2ccc(OC(CCCCCC)OC(=O)C=C)cc2)cc1. The summed E-state index contributed by atoms with van der Waals surface area (Å²) < 4.78 is 22.7. The molecule has 0 fully saturated rings. The van der Waals surface area contributed by atoms with Crippen LogP contribution in [0.15, 0.2) is 147 Å². The quantitative estimate of drug-likeness (QED) is 0.0257. The van der Waals surface area contributed by atoms with Crippen molar-refractivity contribution in [2.75, 3.05) is 4.90 Å². The van der Waals surface area contributed by atoms with E-state index in [1.165, 1.54) is 16.7 Å². The first-order chi connectivity index (χ1) is 27.6. The van der Waals surface area contributed by atoms with Gasteiger partial charge in [-0.2, -0.15) is 0 Å². The fourth-order valence-electron chi connectivity index (χ4n) is 6.25. The van der Waals surface area contributed by atoms with Crippen LogP contribution >= 0.6 is 0 Å². The van der Waals surface area contributed by atoms with Crippen LogP contribution < -0.4 is 14.4 Å². The highest BCUT2D eigenvalue weighted by Gasteiger charge is 2.16. The van der Waals surface area contributed by atoms with E-state index in [4.69, 9.17) is 18.9 Å². The van der Waals surface area contributed by atoms with Crippen LogP contribution in [0, 0.1) is 13.8 Å². The number of nitrogens with zero attached hydrogens (tertiary/aromatic N) is 1. The first kappa shape index (κ1) is 41.8. The molecular formula is C50H53NO6. The molecular weight excluding hydrogens is 711 g/mol. The first-order valence-corrected chi connectivity index (χ1v) is 19.6. The van der Waals surface area contributed by atoms with Gasteiger partial charge in [-0.25, -0.2) is 9.59 Å². The number of carbonyl (C=O) groups excluding carboxylic acids is 2. The lowest BCUT2D eigenvalue weighted by Gasteiger charge is -2.26. The third-order valence-electron chi connectivity index (χ3n) is 9.38. The molecule has 2 unspecified atom stereocenters. The van der Waals surface area contributed by atoms with Crippen LogP contribution in [0.5, 0.6) is 11.5 Å². The molecule has 0 aliphatic rings. The van der Waals surface area contributed by atoms with E-state index in [0.717, 1.165) is 78.0 Å². The van der Waals surface area contributed by atoms with Crippen molar-refractivity contribution >= 4 is 35.0 Å². The Morgan fingerprint density at radius 2 is 1.14 bits per heavy atom. The molecule has 5 aromatic rings. The molecule has 5 aromatic carbocycles. The van der Waals surface area contributed by atoms with Gasteiger partial charge in [0.2, 0.25) is 12.6 Å². The summed E-state index contributed by atoms with van der Waals surface area (Å²) in [5, 5.41) is 0. The van der Waals surface area contributed by atoms with E-state index in [9.17, 15) is 9.59 Å². The minimum atomic E-state index is -0.783. The Kier molecular flexibility index (Phi) is 15.5. The molecule has 2 atom stereocenters. The zero-order valence-electron chi connectivity index (χ0n) is 33.5. The molecule has 0 aliphatic carbocycles. The van der Waals surface area contributed by atoms with E-state index in [0.29, 0.717) is 17.9 Å². The van der Waals surface area contributed by atoms with Crippen LogP contribution in [0.2, 0.25) is 0 Å². The van der Waals surface area contributed by atoms with Gasteiger partial charge in [0.05, 0.1) is 0 Å². The van der Waals surface area contributed by atoms with Crippen LogP contribution in [0.25, 0.3) is 11.6 Å². The Balaban J connectivity index is 1.45. The maximum absolute atomic E-state index is 12.1. The predicted octanol–water partition coefficient (Wildman–Crippen LogP) is 12.1. The average Bonchev–Trinajstić information content (AvgIpc) is 3.22. The monoisotopic (exact) mass is 763 g/mol. The van der Waals surface area contributed by atoms with Crippen molar-refractivity contribution in [1.29, 1.82) is 0 Å². The Bertz CT molecular complexity index is 2080. The van der Waals surface area contributed by atoms with E-state index < -0.39 is 24.5 Å². The van der Waals surface area contributed by atoms with Gasteiger partial charge in [0.25, 0.3) is 0 Å². The molecule has 0 amide bonds. The zero-order valence-corrected chi connectivity index (χ0v) is 33.5.